The molecule has 2 aromatic carbocycles. The molecule has 2 aliphatic heterocycles. The molecule has 0 atom stereocenters. The van der Waals surface area contributed by atoms with E-state index >= 15 is 0 Å². The topological polar surface area (TPSA) is 15.6 Å². The molecule has 0 fully saturated rings. The standard InChI is InChI=1S/C16H12F2N2S/c1-9-15(20-6-5-19-16(20)21-9)12-4-2-3-11-13(12)7-10(17)8-14(11)18/h2-4,7-8H,5-6H2,1H3. The van der Waals surface area contributed by atoms with Crippen LogP contribution in [0.2, 0.25) is 0 Å². The monoisotopic (exact) mass is 302 g/mol. The maximum absolute atomic E-state index is 14.0. The fourth-order valence-electron chi connectivity index (χ4n) is 2.95. The third-order valence-electron chi connectivity index (χ3n) is 3.81. The summed E-state index contributed by atoms with van der Waals surface area (Å²) in [4.78, 5) is 7.71. The van der Waals surface area contributed by atoms with Gasteiger partial charge >= 0.3 is 0 Å². The van der Waals surface area contributed by atoms with Crippen LogP contribution in [0.3, 0.4) is 0 Å². The van der Waals surface area contributed by atoms with E-state index in [1.54, 1.807) is 17.8 Å². The van der Waals surface area contributed by atoms with Crippen LogP contribution in [0.25, 0.3) is 16.5 Å². The zero-order chi connectivity index (χ0) is 14.6. The van der Waals surface area contributed by atoms with Crippen molar-refractivity contribution in [2.45, 2.75) is 6.92 Å². The van der Waals surface area contributed by atoms with E-state index in [9.17, 15) is 8.78 Å². The largest absolute Gasteiger partial charge is 0.318 e. The third-order valence-corrected chi connectivity index (χ3v) is 4.85. The molecule has 0 saturated heterocycles. The lowest BCUT2D eigenvalue weighted by Crippen LogP contribution is -2.20. The smallest absolute Gasteiger partial charge is 0.168 e. The Morgan fingerprint density at radius 3 is 2.90 bits per heavy atom. The number of amidine groups is 1. The average molecular weight is 302 g/mol. The molecule has 0 radical (unpaired) electrons. The van der Waals surface area contributed by atoms with Crippen molar-refractivity contribution in [3.05, 3.63) is 52.4 Å². The first-order valence-corrected chi connectivity index (χ1v) is 7.55. The van der Waals surface area contributed by atoms with Gasteiger partial charge in [0.25, 0.3) is 0 Å². The van der Waals surface area contributed by atoms with Crippen molar-refractivity contribution >= 4 is 33.4 Å². The fraction of sp³-hybridized carbons (Fsp3) is 0.188. The minimum absolute atomic E-state index is 0.448. The van der Waals surface area contributed by atoms with Crippen molar-refractivity contribution in [3.8, 4) is 0 Å². The van der Waals surface area contributed by atoms with Gasteiger partial charge in [-0.25, -0.2) is 8.78 Å². The Morgan fingerprint density at radius 2 is 2.05 bits per heavy atom. The first-order chi connectivity index (χ1) is 10.1. The number of fused-ring (bicyclic) bond motifs is 2. The number of benzene rings is 2. The molecule has 0 saturated carbocycles. The predicted octanol–water partition coefficient (Wildman–Crippen LogP) is 4.22. The van der Waals surface area contributed by atoms with Crippen LogP contribution in [0.1, 0.15) is 12.5 Å². The van der Waals surface area contributed by atoms with E-state index in [4.69, 9.17) is 0 Å². The molecular formula is C16H12F2N2S. The highest BCUT2D eigenvalue weighted by Gasteiger charge is 2.31. The maximum Gasteiger partial charge on any atom is 0.168 e. The van der Waals surface area contributed by atoms with E-state index < -0.39 is 11.6 Å². The van der Waals surface area contributed by atoms with E-state index in [2.05, 4.69) is 9.89 Å². The number of nitrogens with zero attached hydrogens (tertiary/aromatic N) is 2. The second kappa shape index (κ2) is 4.56. The van der Waals surface area contributed by atoms with E-state index in [-0.39, 0.29) is 0 Å². The number of rotatable bonds is 1. The molecule has 2 aromatic rings. The van der Waals surface area contributed by atoms with E-state index in [0.29, 0.717) is 10.8 Å². The molecule has 0 unspecified atom stereocenters. The summed E-state index contributed by atoms with van der Waals surface area (Å²) in [6.45, 7) is 3.62. The molecule has 2 nitrogen and oxygen atoms in total. The molecule has 2 heterocycles. The van der Waals surface area contributed by atoms with Crippen LogP contribution >= 0.6 is 11.8 Å². The highest BCUT2D eigenvalue weighted by Crippen LogP contribution is 2.43. The summed E-state index contributed by atoms with van der Waals surface area (Å²) >= 11 is 1.62. The lowest BCUT2D eigenvalue weighted by atomic mass is 10.0. The molecular weight excluding hydrogens is 290 g/mol. The quantitative estimate of drug-likeness (QED) is 0.783. The second-order valence-corrected chi connectivity index (χ2v) is 6.29. The van der Waals surface area contributed by atoms with E-state index in [0.717, 1.165) is 40.5 Å². The van der Waals surface area contributed by atoms with Crippen LogP contribution < -0.4 is 0 Å². The molecule has 0 spiro atoms. The summed E-state index contributed by atoms with van der Waals surface area (Å²) in [6, 6.07) is 7.75. The van der Waals surface area contributed by atoms with Crippen LogP contribution in [-0.2, 0) is 0 Å². The summed E-state index contributed by atoms with van der Waals surface area (Å²) < 4.78 is 27.6. The number of thioether (sulfide) groups is 1. The predicted molar refractivity (Wildman–Crippen MR) is 83.1 cm³/mol. The molecule has 0 aromatic heterocycles. The summed E-state index contributed by atoms with van der Waals surface area (Å²) in [5.41, 5.74) is 1.88. The van der Waals surface area contributed by atoms with Crippen molar-refractivity contribution < 1.29 is 8.78 Å². The summed E-state index contributed by atoms with van der Waals surface area (Å²) in [5, 5.41) is 2.04. The molecule has 0 bridgehead atoms. The van der Waals surface area contributed by atoms with Crippen LogP contribution in [0.4, 0.5) is 8.78 Å². The van der Waals surface area contributed by atoms with E-state index in [1.807, 2.05) is 19.1 Å². The molecule has 0 N–H and O–H groups in total. The van der Waals surface area contributed by atoms with Crippen molar-refractivity contribution in [2.75, 3.05) is 13.1 Å². The zero-order valence-electron chi connectivity index (χ0n) is 11.4. The average Bonchev–Trinajstić information content (AvgIpc) is 2.98. The minimum Gasteiger partial charge on any atom is -0.318 e. The lowest BCUT2D eigenvalue weighted by molar-refractivity contribution is 0.592. The van der Waals surface area contributed by atoms with Crippen molar-refractivity contribution in [2.24, 2.45) is 4.99 Å². The third kappa shape index (κ3) is 1.87. The van der Waals surface area contributed by atoms with Crippen LogP contribution in [0.15, 0.2) is 40.2 Å². The Hall–Kier alpha value is -1.88. The number of allylic oxidation sites excluding steroid dienone is 1. The van der Waals surface area contributed by atoms with Gasteiger partial charge in [-0.2, -0.15) is 0 Å². The SMILES string of the molecule is CC1=C(c2cccc3c(F)cc(F)cc23)N2CCN=C2S1. The van der Waals surface area contributed by atoms with Gasteiger partial charge in [0, 0.05) is 28.5 Å². The molecule has 4 rings (SSSR count). The number of hydrogen-bond donors (Lipinski definition) is 0. The number of halogens is 2. The summed E-state index contributed by atoms with van der Waals surface area (Å²) in [7, 11) is 0. The first kappa shape index (κ1) is 12.8. The van der Waals surface area contributed by atoms with Gasteiger partial charge in [-0.05, 0) is 18.4 Å². The lowest BCUT2D eigenvalue weighted by Gasteiger charge is -2.19. The molecule has 106 valence electrons. The van der Waals surface area contributed by atoms with Gasteiger partial charge in [-0.3, -0.25) is 4.99 Å². The molecule has 21 heavy (non-hydrogen) atoms. The fourth-order valence-corrected chi connectivity index (χ4v) is 3.98. The number of aliphatic imine (C=N–C) groups is 1. The van der Waals surface area contributed by atoms with Gasteiger partial charge in [0.15, 0.2) is 5.17 Å². The Morgan fingerprint density at radius 1 is 1.19 bits per heavy atom. The van der Waals surface area contributed by atoms with Gasteiger partial charge in [-0.1, -0.05) is 30.0 Å². The Balaban J connectivity index is 1.99. The van der Waals surface area contributed by atoms with Crippen molar-refractivity contribution in [1.29, 1.82) is 0 Å². The second-order valence-electron chi connectivity index (χ2n) is 5.11. The van der Waals surface area contributed by atoms with Gasteiger partial charge in [0.2, 0.25) is 0 Å². The zero-order valence-corrected chi connectivity index (χ0v) is 12.2. The molecule has 5 heteroatoms. The molecule has 2 aliphatic rings. The van der Waals surface area contributed by atoms with Crippen molar-refractivity contribution in [3.63, 3.8) is 0 Å². The van der Waals surface area contributed by atoms with E-state index in [1.165, 1.54) is 6.07 Å². The Kier molecular flexibility index (Phi) is 2.79. The highest BCUT2D eigenvalue weighted by molar-refractivity contribution is 8.17. The normalized spacial score (nSPS) is 17.7. The Bertz CT molecular complexity index is 826. The van der Waals surface area contributed by atoms with Gasteiger partial charge in [0.05, 0.1) is 12.2 Å². The van der Waals surface area contributed by atoms with Crippen LogP contribution in [0, 0.1) is 11.6 Å². The molecule has 0 aliphatic carbocycles. The number of hydrogen-bond acceptors (Lipinski definition) is 3. The van der Waals surface area contributed by atoms with Crippen LogP contribution in [-0.4, -0.2) is 23.2 Å². The van der Waals surface area contributed by atoms with Gasteiger partial charge in [0.1, 0.15) is 11.6 Å². The first-order valence-electron chi connectivity index (χ1n) is 6.74. The van der Waals surface area contributed by atoms with Crippen LogP contribution in [0.5, 0.6) is 0 Å². The van der Waals surface area contributed by atoms with Gasteiger partial charge < -0.3 is 4.90 Å². The maximum atomic E-state index is 14.0. The summed E-state index contributed by atoms with van der Waals surface area (Å²) in [5.74, 6) is -1.07. The Labute approximate surface area is 125 Å². The van der Waals surface area contributed by atoms with Gasteiger partial charge in [-0.15, -0.1) is 0 Å². The highest BCUT2D eigenvalue weighted by atomic mass is 32.2. The minimum atomic E-state index is -0.549. The summed E-state index contributed by atoms with van der Waals surface area (Å²) in [6.07, 6.45) is 0. The van der Waals surface area contributed by atoms with Crippen molar-refractivity contribution in [1.82, 2.24) is 4.90 Å². The molecule has 0 amide bonds.